The lowest BCUT2D eigenvalue weighted by molar-refractivity contribution is -0.0953. The van der Waals surface area contributed by atoms with Crippen molar-refractivity contribution in [3.63, 3.8) is 0 Å². The summed E-state index contributed by atoms with van der Waals surface area (Å²) in [5.41, 5.74) is 6.26. The number of aryl methyl sites for hydroxylation is 1. The molecule has 1 aliphatic rings. The van der Waals surface area contributed by atoms with Crippen molar-refractivity contribution in [1.82, 2.24) is 9.47 Å². The summed E-state index contributed by atoms with van der Waals surface area (Å²) in [5, 5.41) is 9.19. The SMILES string of the molecule is CC1CN(CCCn2cc(N)ccc2=O)CC(CO)O1. The maximum atomic E-state index is 11.6. The van der Waals surface area contributed by atoms with Crippen LogP contribution in [0.4, 0.5) is 5.69 Å². The number of aliphatic hydroxyl groups is 1. The van der Waals surface area contributed by atoms with E-state index < -0.39 is 0 Å². The molecule has 6 nitrogen and oxygen atoms in total. The van der Waals surface area contributed by atoms with Crippen LogP contribution >= 0.6 is 0 Å². The molecule has 2 unspecified atom stereocenters. The van der Waals surface area contributed by atoms with Crippen molar-refractivity contribution in [2.24, 2.45) is 0 Å². The Bertz CT molecular complexity index is 489. The van der Waals surface area contributed by atoms with Gasteiger partial charge in [0.05, 0.1) is 18.8 Å². The Balaban J connectivity index is 1.83. The fraction of sp³-hybridized carbons (Fsp3) is 0.643. The minimum Gasteiger partial charge on any atom is -0.398 e. The maximum Gasteiger partial charge on any atom is 0.250 e. The van der Waals surface area contributed by atoms with Crippen LogP contribution in [0.25, 0.3) is 0 Å². The molecule has 112 valence electrons. The minimum absolute atomic E-state index is 0.0252. The Morgan fingerprint density at radius 3 is 2.95 bits per heavy atom. The predicted octanol–water partition coefficient (Wildman–Crippen LogP) is -0.0978. The number of nitrogen functional groups attached to an aromatic ring is 1. The van der Waals surface area contributed by atoms with Crippen LogP contribution in [0.3, 0.4) is 0 Å². The molecule has 1 aromatic rings. The predicted molar refractivity (Wildman–Crippen MR) is 77.6 cm³/mol. The molecule has 0 radical (unpaired) electrons. The molecule has 0 aromatic carbocycles. The zero-order chi connectivity index (χ0) is 14.5. The maximum absolute atomic E-state index is 11.6. The van der Waals surface area contributed by atoms with E-state index in [0.717, 1.165) is 26.1 Å². The van der Waals surface area contributed by atoms with Crippen LogP contribution < -0.4 is 11.3 Å². The molecule has 3 N–H and O–H groups in total. The number of anilines is 1. The van der Waals surface area contributed by atoms with Gasteiger partial charge in [-0.1, -0.05) is 0 Å². The molecule has 2 atom stereocenters. The number of hydrogen-bond donors (Lipinski definition) is 2. The van der Waals surface area contributed by atoms with E-state index in [-0.39, 0.29) is 24.4 Å². The third kappa shape index (κ3) is 4.06. The van der Waals surface area contributed by atoms with Crippen molar-refractivity contribution < 1.29 is 9.84 Å². The zero-order valence-corrected chi connectivity index (χ0v) is 11.9. The third-order valence-electron chi connectivity index (χ3n) is 3.49. The molecule has 1 aliphatic heterocycles. The van der Waals surface area contributed by atoms with Gasteiger partial charge in [-0.2, -0.15) is 0 Å². The molecule has 1 saturated heterocycles. The van der Waals surface area contributed by atoms with E-state index in [2.05, 4.69) is 4.90 Å². The van der Waals surface area contributed by atoms with Crippen molar-refractivity contribution >= 4 is 5.69 Å². The fourth-order valence-electron chi connectivity index (χ4n) is 2.61. The van der Waals surface area contributed by atoms with Crippen LogP contribution in [-0.2, 0) is 11.3 Å². The molecule has 0 bridgehead atoms. The summed E-state index contributed by atoms with van der Waals surface area (Å²) in [6, 6.07) is 3.11. The number of ether oxygens (including phenoxy) is 1. The molecule has 0 amide bonds. The quantitative estimate of drug-likeness (QED) is 0.788. The molecule has 2 rings (SSSR count). The van der Waals surface area contributed by atoms with Crippen LogP contribution in [0.15, 0.2) is 23.1 Å². The second-order valence-electron chi connectivity index (χ2n) is 5.36. The monoisotopic (exact) mass is 281 g/mol. The van der Waals surface area contributed by atoms with E-state index in [1.165, 1.54) is 6.07 Å². The number of aliphatic hydroxyl groups excluding tert-OH is 1. The average Bonchev–Trinajstić information content (AvgIpc) is 2.42. The summed E-state index contributed by atoms with van der Waals surface area (Å²) >= 11 is 0. The molecule has 1 fully saturated rings. The summed E-state index contributed by atoms with van der Waals surface area (Å²) in [7, 11) is 0. The van der Waals surface area contributed by atoms with Crippen molar-refractivity contribution in [2.75, 3.05) is 32.0 Å². The number of nitrogens with zero attached hydrogens (tertiary/aromatic N) is 2. The highest BCUT2D eigenvalue weighted by Gasteiger charge is 2.24. The Morgan fingerprint density at radius 2 is 2.20 bits per heavy atom. The van der Waals surface area contributed by atoms with Gasteiger partial charge in [0.15, 0.2) is 0 Å². The Kier molecular flexibility index (Phi) is 5.17. The Hall–Kier alpha value is -1.37. The highest BCUT2D eigenvalue weighted by molar-refractivity contribution is 5.33. The minimum atomic E-state index is -0.103. The van der Waals surface area contributed by atoms with E-state index in [1.54, 1.807) is 16.8 Å². The summed E-state index contributed by atoms with van der Waals surface area (Å²) in [6.45, 7) is 5.20. The number of morpholine rings is 1. The van der Waals surface area contributed by atoms with Gasteiger partial charge in [0.2, 0.25) is 0 Å². The summed E-state index contributed by atoms with van der Waals surface area (Å²) < 4.78 is 7.24. The van der Waals surface area contributed by atoms with E-state index in [9.17, 15) is 9.90 Å². The summed E-state index contributed by atoms with van der Waals surface area (Å²) in [4.78, 5) is 13.9. The largest absolute Gasteiger partial charge is 0.398 e. The van der Waals surface area contributed by atoms with Crippen molar-refractivity contribution in [1.29, 1.82) is 0 Å². The second kappa shape index (κ2) is 6.88. The van der Waals surface area contributed by atoms with E-state index >= 15 is 0 Å². The first-order valence-corrected chi connectivity index (χ1v) is 7.03. The van der Waals surface area contributed by atoms with Crippen LogP contribution in [-0.4, -0.2) is 53.0 Å². The Morgan fingerprint density at radius 1 is 1.40 bits per heavy atom. The first kappa shape index (κ1) is 15.0. The van der Waals surface area contributed by atoms with Crippen LogP contribution in [0.1, 0.15) is 13.3 Å². The lowest BCUT2D eigenvalue weighted by Crippen LogP contribution is -2.48. The molecular formula is C14H23N3O3. The molecule has 20 heavy (non-hydrogen) atoms. The highest BCUT2D eigenvalue weighted by atomic mass is 16.5. The van der Waals surface area contributed by atoms with Gasteiger partial charge >= 0.3 is 0 Å². The van der Waals surface area contributed by atoms with E-state index in [4.69, 9.17) is 10.5 Å². The first-order valence-electron chi connectivity index (χ1n) is 7.03. The second-order valence-corrected chi connectivity index (χ2v) is 5.36. The summed E-state index contributed by atoms with van der Waals surface area (Å²) in [6.07, 6.45) is 2.58. The van der Waals surface area contributed by atoms with E-state index in [1.807, 2.05) is 6.92 Å². The standard InChI is InChI=1S/C14H23N3O3/c1-11-7-16(9-13(10-18)20-11)5-2-6-17-8-12(15)3-4-14(17)19/h3-4,8,11,13,18H,2,5-7,9-10,15H2,1H3. The topological polar surface area (TPSA) is 80.7 Å². The first-order chi connectivity index (χ1) is 9.58. The molecule has 0 saturated carbocycles. The third-order valence-corrected chi connectivity index (χ3v) is 3.49. The molecule has 6 heteroatoms. The number of rotatable bonds is 5. The Labute approximate surface area is 118 Å². The van der Waals surface area contributed by atoms with Crippen LogP contribution in [0, 0.1) is 0 Å². The molecule has 0 aliphatic carbocycles. The lowest BCUT2D eigenvalue weighted by atomic mass is 10.2. The molecule has 2 heterocycles. The summed E-state index contributed by atoms with van der Waals surface area (Å²) in [5.74, 6) is 0. The smallest absolute Gasteiger partial charge is 0.250 e. The van der Waals surface area contributed by atoms with Crippen LogP contribution in [0.5, 0.6) is 0 Å². The number of nitrogens with two attached hydrogens (primary N) is 1. The van der Waals surface area contributed by atoms with Crippen molar-refractivity contribution in [3.05, 3.63) is 28.7 Å². The normalized spacial score (nSPS) is 23.9. The van der Waals surface area contributed by atoms with Crippen molar-refractivity contribution in [2.45, 2.75) is 32.1 Å². The number of aromatic nitrogens is 1. The molecular weight excluding hydrogens is 258 g/mol. The number of pyridine rings is 1. The average molecular weight is 281 g/mol. The van der Waals surface area contributed by atoms with Gasteiger partial charge in [-0.15, -0.1) is 0 Å². The van der Waals surface area contributed by atoms with Gasteiger partial charge in [0.1, 0.15) is 0 Å². The van der Waals surface area contributed by atoms with Gasteiger partial charge in [-0.3, -0.25) is 9.69 Å². The fourth-order valence-corrected chi connectivity index (χ4v) is 2.61. The van der Waals surface area contributed by atoms with Gasteiger partial charge in [-0.05, 0) is 19.4 Å². The van der Waals surface area contributed by atoms with Gasteiger partial charge < -0.3 is 20.1 Å². The van der Waals surface area contributed by atoms with Gasteiger partial charge in [0, 0.05) is 44.1 Å². The van der Waals surface area contributed by atoms with Gasteiger partial charge in [0.25, 0.3) is 5.56 Å². The van der Waals surface area contributed by atoms with E-state index in [0.29, 0.717) is 12.2 Å². The molecule has 0 spiro atoms. The lowest BCUT2D eigenvalue weighted by Gasteiger charge is -2.36. The van der Waals surface area contributed by atoms with Crippen molar-refractivity contribution in [3.8, 4) is 0 Å². The van der Waals surface area contributed by atoms with Crippen LogP contribution in [0.2, 0.25) is 0 Å². The van der Waals surface area contributed by atoms with Gasteiger partial charge in [-0.25, -0.2) is 0 Å². The zero-order valence-electron chi connectivity index (χ0n) is 11.9. The highest BCUT2D eigenvalue weighted by Crippen LogP contribution is 2.11. The number of hydrogen-bond acceptors (Lipinski definition) is 5. The molecule has 1 aromatic heterocycles.